The number of nitriles is 2. The van der Waals surface area contributed by atoms with Gasteiger partial charge in [0.2, 0.25) is 12.4 Å². The van der Waals surface area contributed by atoms with Crippen LogP contribution < -0.4 is 0 Å². The highest BCUT2D eigenvalue weighted by molar-refractivity contribution is 7.99. The SMILES string of the molecule is C.C.C1CCSC1.N#CN=S1(=O)CCCC1.N#CN=S1(=O)CCCC1Cc1ccc(C(F)(F)F)nc1. The van der Waals surface area contributed by atoms with Gasteiger partial charge in [-0.15, -0.1) is 8.73 Å². The molecule has 4 heterocycles. The van der Waals surface area contributed by atoms with Gasteiger partial charge in [-0.1, -0.05) is 20.9 Å². The molecule has 3 fully saturated rings. The summed E-state index contributed by atoms with van der Waals surface area (Å²) >= 11 is 2.07. The monoisotopic (exact) mass is 567 g/mol. The fourth-order valence-corrected chi connectivity index (χ4v) is 8.85. The average molecular weight is 568 g/mol. The van der Waals surface area contributed by atoms with E-state index in [0.29, 0.717) is 42.1 Å². The van der Waals surface area contributed by atoms with Crippen molar-refractivity contribution in [1.82, 2.24) is 4.98 Å². The highest BCUT2D eigenvalue weighted by Gasteiger charge is 2.33. The normalized spacial score (nSPS) is 23.6. The molecule has 7 nitrogen and oxygen atoms in total. The topological polar surface area (TPSA) is 119 Å². The van der Waals surface area contributed by atoms with Crippen molar-refractivity contribution in [3.63, 3.8) is 0 Å². The molecule has 3 saturated heterocycles. The molecular formula is C23H36F3N5O2S3. The van der Waals surface area contributed by atoms with Gasteiger partial charge in [0.1, 0.15) is 5.69 Å². The summed E-state index contributed by atoms with van der Waals surface area (Å²) in [5.74, 6) is 4.46. The van der Waals surface area contributed by atoms with Gasteiger partial charge in [-0.2, -0.15) is 35.5 Å². The highest BCUT2D eigenvalue weighted by atomic mass is 32.2. The van der Waals surface area contributed by atoms with E-state index >= 15 is 0 Å². The van der Waals surface area contributed by atoms with Crippen LogP contribution >= 0.6 is 11.8 Å². The van der Waals surface area contributed by atoms with Crippen molar-refractivity contribution in [3.05, 3.63) is 29.6 Å². The fourth-order valence-electron chi connectivity index (χ4n) is 3.70. The van der Waals surface area contributed by atoms with Crippen LogP contribution in [0.2, 0.25) is 0 Å². The molecule has 0 aliphatic carbocycles. The largest absolute Gasteiger partial charge is 0.433 e. The van der Waals surface area contributed by atoms with E-state index in [1.807, 2.05) is 0 Å². The maximum absolute atomic E-state index is 12.4. The van der Waals surface area contributed by atoms with Crippen molar-refractivity contribution in [1.29, 1.82) is 10.5 Å². The molecule has 4 rings (SSSR count). The number of aromatic nitrogens is 1. The van der Waals surface area contributed by atoms with Crippen molar-refractivity contribution in [2.45, 2.75) is 71.2 Å². The van der Waals surface area contributed by atoms with Crippen LogP contribution in [0.25, 0.3) is 0 Å². The third-order valence-electron chi connectivity index (χ3n) is 5.47. The minimum Gasteiger partial charge on any atom is -0.252 e. The Bertz CT molecular complexity index is 1100. The first kappa shape index (κ1) is 34.2. The van der Waals surface area contributed by atoms with Gasteiger partial charge in [-0.05, 0) is 68.1 Å². The van der Waals surface area contributed by atoms with Gasteiger partial charge in [-0.25, -0.2) is 8.42 Å². The Kier molecular flexibility index (Phi) is 15.3. The second kappa shape index (κ2) is 16.1. The molecule has 0 amide bonds. The van der Waals surface area contributed by atoms with Crippen molar-refractivity contribution >= 4 is 31.2 Å². The predicted octanol–water partition coefficient (Wildman–Crippen LogP) is 6.27. The van der Waals surface area contributed by atoms with Crippen LogP contribution in [-0.4, -0.2) is 47.4 Å². The number of alkyl halides is 3. The molecule has 0 saturated carbocycles. The smallest absolute Gasteiger partial charge is 0.252 e. The Balaban J connectivity index is 0.000000632. The van der Waals surface area contributed by atoms with E-state index in [-0.39, 0.29) is 20.1 Å². The third-order valence-corrected chi connectivity index (χ3v) is 11.6. The van der Waals surface area contributed by atoms with Crippen LogP contribution in [0.4, 0.5) is 13.2 Å². The van der Waals surface area contributed by atoms with E-state index in [1.54, 1.807) is 12.4 Å². The van der Waals surface area contributed by atoms with Crippen LogP contribution in [-0.2, 0) is 32.1 Å². The Hall–Kier alpha value is -1.83. The maximum atomic E-state index is 12.4. The predicted molar refractivity (Wildman–Crippen MR) is 142 cm³/mol. The molecule has 2 atom stereocenters. The molecule has 0 N–H and O–H groups in total. The molecule has 1 aromatic heterocycles. The molecule has 0 aromatic carbocycles. The van der Waals surface area contributed by atoms with Gasteiger partial charge in [0.05, 0.1) is 19.5 Å². The summed E-state index contributed by atoms with van der Waals surface area (Å²) in [6, 6.07) is 2.24. The Morgan fingerprint density at radius 3 is 2.03 bits per heavy atom. The van der Waals surface area contributed by atoms with Crippen LogP contribution in [0.3, 0.4) is 0 Å². The molecule has 2 unspecified atom stereocenters. The summed E-state index contributed by atoms with van der Waals surface area (Å²) in [5.41, 5.74) is -0.374. The van der Waals surface area contributed by atoms with E-state index < -0.39 is 31.3 Å². The minimum atomic E-state index is -4.46. The summed E-state index contributed by atoms with van der Waals surface area (Å²) in [5, 5.41) is 16.4. The fraction of sp³-hybridized carbons (Fsp3) is 0.696. The van der Waals surface area contributed by atoms with Gasteiger partial charge in [-0.3, -0.25) is 4.98 Å². The van der Waals surface area contributed by atoms with Crippen LogP contribution in [0.5, 0.6) is 0 Å². The van der Waals surface area contributed by atoms with Gasteiger partial charge in [0.15, 0.2) is 0 Å². The minimum absolute atomic E-state index is 0. The lowest BCUT2D eigenvalue weighted by atomic mass is 10.1. The van der Waals surface area contributed by atoms with Crippen molar-refractivity contribution < 1.29 is 21.6 Å². The molecule has 3 aliphatic rings. The molecule has 0 spiro atoms. The molecule has 1 aromatic rings. The number of nitrogens with zero attached hydrogens (tertiary/aromatic N) is 5. The molecule has 0 radical (unpaired) electrons. The summed E-state index contributed by atoms with van der Waals surface area (Å²) in [4.78, 5) is 3.37. The third kappa shape index (κ3) is 11.1. The molecule has 3 aliphatic heterocycles. The number of hydrogen-bond acceptors (Lipinski definition) is 8. The lowest BCUT2D eigenvalue weighted by Crippen LogP contribution is -2.18. The first-order valence-corrected chi connectivity index (χ1v) is 15.7. The summed E-state index contributed by atoms with van der Waals surface area (Å²) in [6.45, 7) is 0. The van der Waals surface area contributed by atoms with E-state index in [4.69, 9.17) is 10.5 Å². The Labute approximate surface area is 218 Å². The Morgan fingerprint density at radius 2 is 1.58 bits per heavy atom. The number of pyridine rings is 1. The van der Waals surface area contributed by atoms with E-state index in [0.717, 1.165) is 25.1 Å². The maximum Gasteiger partial charge on any atom is 0.433 e. The zero-order chi connectivity index (χ0) is 25.1. The van der Waals surface area contributed by atoms with Gasteiger partial charge >= 0.3 is 6.18 Å². The number of halogens is 3. The second-order valence-electron chi connectivity index (χ2n) is 8.00. The summed E-state index contributed by atoms with van der Waals surface area (Å²) < 4.78 is 67.6. The van der Waals surface area contributed by atoms with Gasteiger partial charge in [0, 0.05) is 28.7 Å². The summed E-state index contributed by atoms with van der Waals surface area (Å²) in [7, 11) is -4.61. The standard InChI is InChI=1S/C12H12F3N3OS.C5H8N2OS.C4H8S.2CH4/c13-12(14,15)11-4-3-9(7-17-11)6-10-2-1-5-20(10,19)18-8-16;6-5-7-9(8)3-1-2-4-9;1-2-4-5-3-1;;/h3-4,7,10H,1-2,5-6H2;1-4H2;1-4H2;2*1H4. The Morgan fingerprint density at radius 1 is 0.972 bits per heavy atom. The van der Waals surface area contributed by atoms with Gasteiger partial charge in [0.25, 0.3) is 0 Å². The van der Waals surface area contributed by atoms with E-state index in [9.17, 15) is 21.6 Å². The first-order valence-electron chi connectivity index (χ1n) is 10.9. The average Bonchev–Trinajstić information content (AvgIpc) is 3.54. The highest BCUT2D eigenvalue weighted by Crippen LogP contribution is 2.29. The van der Waals surface area contributed by atoms with Crippen molar-refractivity contribution in [2.75, 3.05) is 28.8 Å². The lowest BCUT2D eigenvalue weighted by Gasteiger charge is -2.12. The molecule has 36 heavy (non-hydrogen) atoms. The van der Waals surface area contributed by atoms with Crippen molar-refractivity contribution in [3.8, 4) is 12.4 Å². The zero-order valence-electron chi connectivity index (χ0n) is 18.7. The second-order valence-corrected chi connectivity index (χ2v) is 14.4. The first-order chi connectivity index (χ1) is 16.1. The zero-order valence-corrected chi connectivity index (χ0v) is 21.2. The molecule has 0 bridgehead atoms. The van der Waals surface area contributed by atoms with Crippen LogP contribution in [0.1, 0.15) is 64.6 Å². The summed E-state index contributed by atoms with van der Waals surface area (Å²) in [6.07, 6.45) is 6.41. The van der Waals surface area contributed by atoms with Crippen molar-refractivity contribution in [2.24, 2.45) is 8.73 Å². The number of hydrogen-bond donors (Lipinski definition) is 0. The van der Waals surface area contributed by atoms with Crippen LogP contribution in [0.15, 0.2) is 27.1 Å². The molecule has 204 valence electrons. The molecular weight excluding hydrogens is 531 g/mol. The number of rotatable bonds is 2. The van der Waals surface area contributed by atoms with E-state index in [1.165, 1.54) is 30.4 Å². The van der Waals surface area contributed by atoms with Crippen LogP contribution in [0, 0.1) is 22.9 Å². The molecule has 13 heteroatoms. The lowest BCUT2D eigenvalue weighted by molar-refractivity contribution is -0.141. The quantitative estimate of drug-likeness (QED) is 0.389. The number of thioether (sulfide) groups is 1. The van der Waals surface area contributed by atoms with Gasteiger partial charge < -0.3 is 0 Å². The van der Waals surface area contributed by atoms with E-state index in [2.05, 4.69) is 25.5 Å².